The minimum atomic E-state index is -0.607. The predicted octanol–water partition coefficient (Wildman–Crippen LogP) is 2.56. The fourth-order valence-corrected chi connectivity index (χ4v) is 4.53. The number of methoxy groups -OCH3 is 1. The molecule has 170 valence electrons. The Morgan fingerprint density at radius 2 is 1.66 bits per heavy atom. The molecule has 1 aromatic carbocycles. The van der Waals surface area contributed by atoms with Crippen LogP contribution in [0, 0.1) is 12.7 Å². The number of rotatable bonds is 9. The lowest BCUT2D eigenvalue weighted by atomic mass is 9.44. The average molecular weight is 464 g/mol. The Hall–Kier alpha value is -3.07. The molecule has 1 heterocycles. The molecular weight excluding hydrogens is 441 g/mol. The fourth-order valence-electron chi connectivity index (χ4n) is 4.41. The first-order valence-corrected chi connectivity index (χ1v) is 10.4. The summed E-state index contributed by atoms with van der Waals surface area (Å²) in [6.07, 6.45) is 3.45. The van der Waals surface area contributed by atoms with Crippen LogP contribution in [0.5, 0.6) is 17.4 Å². The number of carbonyl (C=O) groups is 2. The van der Waals surface area contributed by atoms with E-state index in [1.54, 1.807) is 6.07 Å². The van der Waals surface area contributed by atoms with Crippen molar-refractivity contribution in [3.63, 3.8) is 0 Å². The van der Waals surface area contributed by atoms with E-state index < -0.39 is 5.82 Å². The van der Waals surface area contributed by atoms with Crippen molar-refractivity contribution < 1.29 is 28.2 Å². The molecule has 0 radical (unpaired) electrons. The highest BCUT2D eigenvalue weighted by atomic mass is 35.5. The van der Waals surface area contributed by atoms with E-state index in [0.29, 0.717) is 30.9 Å². The average Bonchev–Trinajstić information content (AvgIpc) is 2.70. The largest absolute Gasteiger partial charge is 0.484 e. The van der Waals surface area contributed by atoms with Crippen molar-refractivity contribution in [3.05, 3.63) is 46.9 Å². The van der Waals surface area contributed by atoms with Gasteiger partial charge in [0.2, 0.25) is 5.88 Å². The Balaban J connectivity index is 1.17. The number of hydrogen-bond donors (Lipinski definition) is 2. The first-order valence-electron chi connectivity index (χ1n) is 10.0. The summed E-state index contributed by atoms with van der Waals surface area (Å²) in [5, 5.41) is 5.92. The lowest BCUT2D eigenvalue weighted by Gasteiger charge is -2.70. The van der Waals surface area contributed by atoms with Gasteiger partial charge in [-0.2, -0.15) is 0 Å². The van der Waals surface area contributed by atoms with Crippen molar-refractivity contribution in [1.82, 2.24) is 15.6 Å². The van der Waals surface area contributed by atoms with Crippen molar-refractivity contribution >= 4 is 23.4 Å². The summed E-state index contributed by atoms with van der Waals surface area (Å²) in [4.78, 5) is 28.6. The molecule has 8 nitrogen and oxygen atoms in total. The normalized spacial score (nSPS) is 22.8. The SMILES string of the molecule is COc1ncc(OCC(=O)NC23CC(NC(=O)COc4ccc(Cl)c(F)c4)(C2)C3)cc1C. The second kappa shape index (κ2) is 8.46. The highest BCUT2D eigenvalue weighted by Crippen LogP contribution is 2.60. The zero-order valence-corrected chi connectivity index (χ0v) is 18.4. The molecule has 1 aromatic heterocycles. The number of ether oxygens (including phenoxy) is 3. The van der Waals surface area contributed by atoms with Gasteiger partial charge in [0.05, 0.1) is 18.3 Å². The van der Waals surface area contributed by atoms with Crippen LogP contribution in [0.3, 0.4) is 0 Å². The third-order valence-electron chi connectivity index (χ3n) is 5.67. The van der Waals surface area contributed by atoms with Crippen LogP contribution in [0.4, 0.5) is 4.39 Å². The van der Waals surface area contributed by atoms with Gasteiger partial charge >= 0.3 is 0 Å². The van der Waals surface area contributed by atoms with E-state index >= 15 is 0 Å². The number of nitrogens with one attached hydrogen (secondary N) is 2. The van der Waals surface area contributed by atoms with Crippen molar-refractivity contribution in [3.8, 4) is 17.4 Å². The summed E-state index contributed by atoms with van der Waals surface area (Å²) in [6, 6.07) is 5.75. The van der Waals surface area contributed by atoms with Crippen LogP contribution < -0.4 is 24.8 Å². The Labute approximate surface area is 189 Å². The van der Waals surface area contributed by atoms with Crippen molar-refractivity contribution in [1.29, 1.82) is 0 Å². The van der Waals surface area contributed by atoms with Crippen LogP contribution in [0.2, 0.25) is 5.02 Å². The summed E-state index contributed by atoms with van der Waals surface area (Å²) < 4.78 is 29.3. The topological polar surface area (TPSA) is 98.8 Å². The summed E-state index contributed by atoms with van der Waals surface area (Å²) in [5.74, 6) is 0.0839. The molecule has 32 heavy (non-hydrogen) atoms. The van der Waals surface area contributed by atoms with Gasteiger partial charge in [0, 0.05) is 22.7 Å². The van der Waals surface area contributed by atoms with Crippen molar-refractivity contribution in [2.45, 2.75) is 37.3 Å². The highest BCUT2D eigenvalue weighted by molar-refractivity contribution is 6.30. The van der Waals surface area contributed by atoms with Gasteiger partial charge in [-0.05, 0) is 44.4 Å². The van der Waals surface area contributed by atoms with Gasteiger partial charge in [-0.25, -0.2) is 9.37 Å². The summed E-state index contributed by atoms with van der Waals surface area (Å²) in [7, 11) is 1.54. The number of amides is 2. The number of aromatic nitrogens is 1. The maximum Gasteiger partial charge on any atom is 0.258 e. The zero-order chi connectivity index (χ0) is 22.9. The maximum absolute atomic E-state index is 13.4. The third kappa shape index (κ3) is 4.57. The number of hydrogen-bond acceptors (Lipinski definition) is 6. The van der Waals surface area contributed by atoms with E-state index in [-0.39, 0.29) is 46.9 Å². The van der Waals surface area contributed by atoms with Gasteiger partial charge in [-0.3, -0.25) is 9.59 Å². The lowest BCUT2D eigenvalue weighted by Crippen LogP contribution is -2.84. The predicted molar refractivity (Wildman–Crippen MR) is 114 cm³/mol. The molecule has 3 saturated carbocycles. The summed E-state index contributed by atoms with van der Waals surface area (Å²) in [5.41, 5.74) is 0.186. The van der Waals surface area contributed by atoms with E-state index in [0.717, 1.165) is 11.6 Å². The minimum absolute atomic E-state index is 0.0100. The van der Waals surface area contributed by atoms with Crippen LogP contribution in [0.1, 0.15) is 24.8 Å². The fraction of sp³-hybridized carbons (Fsp3) is 0.409. The summed E-state index contributed by atoms with van der Waals surface area (Å²) >= 11 is 5.62. The Bertz CT molecular complexity index is 1040. The zero-order valence-electron chi connectivity index (χ0n) is 17.7. The molecule has 0 unspecified atom stereocenters. The van der Waals surface area contributed by atoms with E-state index in [1.165, 1.54) is 25.4 Å². The number of nitrogens with zero attached hydrogens (tertiary/aromatic N) is 1. The monoisotopic (exact) mass is 463 g/mol. The maximum atomic E-state index is 13.4. The molecule has 0 aliphatic heterocycles. The van der Waals surface area contributed by atoms with Crippen LogP contribution in [0.25, 0.3) is 0 Å². The second-order valence-electron chi connectivity index (χ2n) is 8.34. The molecule has 5 rings (SSSR count). The van der Waals surface area contributed by atoms with Gasteiger partial charge in [0.25, 0.3) is 11.8 Å². The molecule has 2 N–H and O–H groups in total. The van der Waals surface area contributed by atoms with Crippen LogP contribution >= 0.6 is 11.6 Å². The number of aryl methyl sites for hydroxylation is 1. The first-order chi connectivity index (χ1) is 15.2. The van der Waals surface area contributed by atoms with E-state index in [1.807, 2.05) is 6.92 Å². The van der Waals surface area contributed by atoms with Crippen LogP contribution in [0.15, 0.2) is 30.5 Å². The quantitative estimate of drug-likeness (QED) is 0.593. The van der Waals surface area contributed by atoms with Crippen LogP contribution in [-0.4, -0.2) is 48.2 Å². The molecule has 2 bridgehead atoms. The molecule has 3 aliphatic carbocycles. The highest BCUT2D eigenvalue weighted by Gasteiger charge is 2.69. The molecule has 3 aliphatic rings. The standard InChI is InChI=1S/C22H23ClFN3O5/c1-13-5-15(7-25-20(13)30-2)32-9-19(29)27-22-10-21(11-22,12-22)26-18(28)8-31-14-3-4-16(23)17(24)6-14/h3-7H,8-12H2,1-2H3,(H,26,28)(H,27,29). The smallest absolute Gasteiger partial charge is 0.258 e. The van der Waals surface area contributed by atoms with Crippen molar-refractivity contribution in [2.75, 3.05) is 20.3 Å². The van der Waals surface area contributed by atoms with Crippen LogP contribution in [-0.2, 0) is 9.59 Å². The minimum Gasteiger partial charge on any atom is -0.484 e. The Kier molecular flexibility index (Phi) is 5.85. The van der Waals surface area contributed by atoms with Crippen molar-refractivity contribution in [2.24, 2.45) is 0 Å². The number of benzene rings is 1. The number of halogens is 2. The molecule has 3 fully saturated rings. The van der Waals surface area contributed by atoms with E-state index in [2.05, 4.69) is 15.6 Å². The molecule has 2 amide bonds. The van der Waals surface area contributed by atoms with Gasteiger partial charge in [-0.15, -0.1) is 0 Å². The lowest BCUT2D eigenvalue weighted by molar-refractivity contribution is -0.151. The Morgan fingerprint density at radius 3 is 2.19 bits per heavy atom. The molecule has 0 spiro atoms. The molecule has 10 heteroatoms. The molecule has 0 atom stereocenters. The summed E-state index contributed by atoms with van der Waals surface area (Å²) in [6.45, 7) is 1.48. The molecule has 0 saturated heterocycles. The van der Waals surface area contributed by atoms with Gasteiger partial charge in [0.1, 0.15) is 17.3 Å². The third-order valence-corrected chi connectivity index (χ3v) is 5.98. The van der Waals surface area contributed by atoms with E-state index in [4.69, 9.17) is 25.8 Å². The second-order valence-corrected chi connectivity index (χ2v) is 8.75. The van der Waals surface area contributed by atoms with Gasteiger partial charge in [-0.1, -0.05) is 11.6 Å². The van der Waals surface area contributed by atoms with E-state index in [9.17, 15) is 14.0 Å². The molecular formula is C22H23ClFN3O5. The van der Waals surface area contributed by atoms with Gasteiger partial charge < -0.3 is 24.8 Å². The first kappa shape index (κ1) is 22.1. The molecule has 2 aromatic rings. The Morgan fingerprint density at radius 1 is 1.06 bits per heavy atom. The van der Waals surface area contributed by atoms with Gasteiger partial charge in [0.15, 0.2) is 13.2 Å². The number of carbonyl (C=O) groups excluding carboxylic acids is 2. The number of pyridine rings is 1.